The zero-order valence-electron chi connectivity index (χ0n) is 12.4. The number of hydrogen-bond donors (Lipinski definition) is 1. The summed E-state index contributed by atoms with van der Waals surface area (Å²) in [6.07, 6.45) is 3.02. The number of nitrogens with two attached hydrogens (primary N) is 1. The van der Waals surface area contributed by atoms with Crippen LogP contribution in [0.5, 0.6) is 5.75 Å². The Morgan fingerprint density at radius 1 is 1.10 bits per heavy atom. The van der Waals surface area contributed by atoms with Gasteiger partial charge in [0.05, 0.1) is 6.61 Å². The molecule has 2 nitrogen and oxygen atoms in total. The number of rotatable bonds is 7. The summed E-state index contributed by atoms with van der Waals surface area (Å²) in [5, 5.41) is 0. The molecule has 112 valence electrons. The number of benzene rings is 2. The van der Waals surface area contributed by atoms with E-state index >= 15 is 0 Å². The molecule has 1 atom stereocenters. The zero-order chi connectivity index (χ0) is 15.1. The van der Waals surface area contributed by atoms with Gasteiger partial charge in [0.25, 0.3) is 0 Å². The highest BCUT2D eigenvalue weighted by Crippen LogP contribution is 2.25. The van der Waals surface area contributed by atoms with E-state index in [1.807, 2.05) is 25.1 Å². The maximum atomic E-state index is 13.3. The van der Waals surface area contributed by atoms with Crippen LogP contribution >= 0.6 is 0 Å². The summed E-state index contributed by atoms with van der Waals surface area (Å²) < 4.78 is 19.0. The van der Waals surface area contributed by atoms with Crippen LogP contribution in [-0.2, 0) is 6.42 Å². The van der Waals surface area contributed by atoms with Crippen molar-refractivity contribution < 1.29 is 9.13 Å². The van der Waals surface area contributed by atoms with Crippen LogP contribution in [0.2, 0.25) is 0 Å². The topological polar surface area (TPSA) is 35.2 Å². The first-order chi connectivity index (χ1) is 10.2. The highest BCUT2D eigenvalue weighted by molar-refractivity contribution is 5.36. The van der Waals surface area contributed by atoms with Crippen molar-refractivity contribution in [2.75, 3.05) is 6.61 Å². The van der Waals surface area contributed by atoms with Gasteiger partial charge in [-0.25, -0.2) is 4.39 Å². The van der Waals surface area contributed by atoms with Crippen LogP contribution in [0, 0.1) is 5.82 Å². The van der Waals surface area contributed by atoms with Gasteiger partial charge in [-0.05, 0) is 37.8 Å². The SMILES string of the molecule is CC(N)c1ccc(F)cc1OCCCCc1ccccc1. The molecule has 2 rings (SSSR count). The van der Waals surface area contributed by atoms with Gasteiger partial charge in [-0.2, -0.15) is 0 Å². The molecule has 0 aliphatic rings. The summed E-state index contributed by atoms with van der Waals surface area (Å²) in [5.41, 5.74) is 8.05. The Morgan fingerprint density at radius 2 is 1.86 bits per heavy atom. The Hall–Kier alpha value is -1.87. The summed E-state index contributed by atoms with van der Waals surface area (Å²) in [4.78, 5) is 0. The predicted octanol–water partition coefficient (Wildman–Crippen LogP) is 4.25. The fraction of sp³-hybridized carbons (Fsp3) is 0.333. The van der Waals surface area contributed by atoms with Crippen molar-refractivity contribution in [3.8, 4) is 5.75 Å². The molecular formula is C18H22FNO. The molecule has 3 heteroatoms. The molecule has 0 heterocycles. The van der Waals surface area contributed by atoms with E-state index in [-0.39, 0.29) is 11.9 Å². The Kier molecular flexibility index (Phi) is 5.76. The molecular weight excluding hydrogens is 265 g/mol. The molecule has 2 N–H and O–H groups in total. The minimum atomic E-state index is -0.293. The van der Waals surface area contributed by atoms with Gasteiger partial charge in [0.1, 0.15) is 11.6 Å². The molecule has 1 unspecified atom stereocenters. The Labute approximate surface area is 125 Å². The molecule has 0 spiro atoms. The summed E-state index contributed by atoms with van der Waals surface area (Å²) >= 11 is 0. The van der Waals surface area contributed by atoms with E-state index in [9.17, 15) is 4.39 Å². The van der Waals surface area contributed by atoms with E-state index < -0.39 is 0 Å². The van der Waals surface area contributed by atoms with Gasteiger partial charge >= 0.3 is 0 Å². The molecule has 21 heavy (non-hydrogen) atoms. The summed E-state index contributed by atoms with van der Waals surface area (Å²) in [6, 6.07) is 14.7. The molecule has 0 aliphatic heterocycles. The smallest absolute Gasteiger partial charge is 0.126 e. The summed E-state index contributed by atoms with van der Waals surface area (Å²) in [7, 11) is 0. The molecule has 2 aromatic rings. The van der Waals surface area contributed by atoms with Crippen molar-refractivity contribution in [2.45, 2.75) is 32.2 Å². The highest BCUT2D eigenvalue weighted by atomic mass is 19.1. The average molecular weight is 287 g/mol. The zero-order valence-corrected chi connectivity index (χ0v) is 12.4. The fourth-order valence-electron chi connectivity index (χ4n) is 2.27. The van der Waals surface area contributed by atoms with Crippen molar-refractivity contribution in [3.05, 3.63) is 65.5 Å². The normalized spacial score (nSPS) is 12.1. The fourth-order valence-corrected chi connectivity index (χ4v) is 2.27. The molecule has 0 saturated carbocycles. The van der Waals surface area contributed by atoms with Gasteiger partial charge in [-0.1, -0.05) is 36.4 Å². The van der Waals surface area contributed by atoms with Crippen LogP contribution in [0.1, 0.15) is 36.9 Å². The molecule has 0 saturated heterocycles. The van der Waals surface area contributed by atoms with Crippen molar-refractivity contribution in [1.29, 1.82) is 0 Å². The standard InChI is InChI=1S/C18H22FNO/c1-14(20)17-11-10-16(19)13-18(17)21-12-6-5-9-15-7-3-2-4-8-15/h2-4,7-8,10-11,13-14H,5-6,9,12,20H2,1H3. The van der Waals surface area contributed by atoms with Crippen molar-refractivity contribution >= 4 is 0 Å². The van der Waals surface area contributed by atoms with Crippen molar-refractivity contribution in [1.82, 2.24) is 0 Å². The first kappa shape index (κ1) is 15.5. The van der Waals surface area contributed by atoms with E-state index in [1.54, 1.807) is 6.07 Å². The second-order valence-electron chi connectivity index (χ2n) is 5.26. The van der Waals surface area contributed by atoms with E-state index in [0.717, 1.165) is 24.8 Å². The van der Waals surface area contributed by atoms with Gasteiger partial charge < -0.3 is 10.5 Å². The van der Waals surface area contributed by atoms with Gasteiger partial charge in [0.15, 0.2) is 0 Å². The van der Waals surface area contributed by atoms with Crippen LogP contribution < -0.4 is 10.5 Å². The lowest BCUT2D eigenvalue weighted by Gasteiger charge is -2.14. The Morgan fingerprint density at radius 3 is 2.57 bits per heavy atom. The van der Waals surface area contributed by atoms with Crippen LogP contribution in [0.15, 0.2) is 48.5 Å². The van der Waals surface area contributed by atoms with Gasteiger partial charge in [0.2, 0.25) is 0 Å². The quantitative estimate of drug-likeness (QED) is 0.773. The third-order valence-corrected chi connectivity index (χ3v) is 3.43. The first-order valence-electron chi connectivity index (χ1n) is 7.38. The Bertz CT molecular complexity index is 554. The number of aryl methyl sites for hydroxylation is 1. The molecule has 0 bridgehead atoms. The minimum Gasteiger partial charge on any atom is -0.493 e. The summed E-state index contributed by atoms with van der Waals surface area (Å²) in [6.45, 7) is 2.45. The van der Waals surface area contributed by atoms with Crippen LogP contribution in [0.3, 0.4) is 0 Å². The second-order valence-corrected chi connectivity index (χ2v) is 5.26. The van der Waals surface area contributed by atoms with Gasteiger partial charge in [0, 0.05) is 17.7 Å². The summed E-state index contributed by atoms with van der Waals surface area (Å²) in [5.74, 6) is 0.267. The second kappa shape index (κ2) is 7.79. The van der Waals surface area contributed by atoms with Gasteiger partial charge in [-0.15, -0.1) is 0 Å². The molecule has 0 radical (unpaired) electrons. The number of unbranched alkanes of at least 4 members (excludes halogenated alkanes) is 1. The number of halogens is 1. The maximum absolute atomic E-state index is 13.3. The lowest BCUT2D eigenvalue weighted by molar-refractivity contribution is 0.301. The molecule has 0 aliphatic carbocycles. The monoisotopic (exact) mass is 287 g/mol. The molecule has 0 fully saturated rings. The third-order valence-electron chi connectivity index (χ3n) is 3.43. The van der Waals surface area contributed by atoms with Crippen LogP contribution in [0.25, 0.3) is 0 Å². The van der Waals surface area contributed by atoms with Crippen molar-refractivity contribution in [2.24, 2.45) is 5.73 Å². The molecule has 2 aromatic carbocycles. The van der Waals surface area contributed by atoms with E-state index in [4.69, 9.17) is 10.5 Å². The van der Waals surface area contributed by atoms with Crippen molar-refractivity contribution in [3.63, 3.8) is 0 Å². The number of ether oxygens (including phenoxy) is 1. The highest BCUT2D eigenvalue weighted by Gasteiger charge is 2.09. The van der Waals surface area contributed by atoms with E-state index in [1.165, 1.54) is 17.7 Å². The van der Waals surface area contributed by atoms with Crippen LogP contribution in [0.4, 0.5) is 4.39 Å². The van der Waals surface area contributed by atoms with Crippen LogP contribution in [-0.4, -0.2) is 6.61 Å². The predicted molar refractivity (Wildman–Crippen MR) is 83.9 cm³/mol. The average Bonchev–Trinajstić information content (AvgIpc) is 2.48. The largest absolute Gasteiger partial charge is 0.493 e. The maximum Gasteiger partial charge on any atom is 0.126 e. The molecule has 0 amide bonds. The van der Waals surface area contributed by atoms with Gasteiger partial charge in [-0.3, -0.25) is 0 Å². The lowest BCUT2D eigenvalue weighted by atomic mass is 10.1. The lowest BCUT2D eigenvalue weighted by Crippen LogP contribution is -2.09. The molecule has 0 aromatic heterocycles. The third kappa shape index (κ3) is 4.87. The Balaban J connectivity index is 1.79. The minimum absolute atomic E-state index is 0.162. The van der Waals surface area contributed by atoms with E-state index in [0.29, 0.717) is 12.4 Å². The first-order valence-corrected chi connectivity index (χ1v) is 7.38. The number of hydrogen-bond acceptors (Lipinski definition) is 2. The van der Waals surface area contributed by atoms with E-state index in [2.05, 4.69) is 12.1 Å².